The highest BCUT2D eigenvalue weighted by Crippen LogP contribution is 2.40. The van der Waals surface area contributed by atoms with Gasteiger partial charge in [-0.3, -0.25) is 0 Å². The van der Waals surface area contributed by atoms with Gasteiger partial charge >= 0.3 is 6.18 Å². The van der Waals surface area contributed by atoms with Crippen molar-refractivity contribution in [3.63, 3.8) is 0 Å². The zero-order valence-corrected chi connectivity index (χ0v) is 15.4. The lowest BCUT2D eigenvalue weighted by Gasteiger charge is -2.38. The first-order chi connectivity index (χ1) is 12.0. The van der Waals surface area contributed by atoms with Crippen molar-refractivity contribution in [3.8, 4) is 0 Å². The van der Waals surface area contributed by atoms with Gasteiger partial charge in [-0.15, -0.1) is 0 Å². The minimum atomic E-state index is -4.47. The van der Waals surface area contributed by atoms with E-state index in [0.717, 1.165) is 18.2 Å². The number of pyridine rings is 1. The van der Waals surface area contributed by atoms with Crippen LogP contribution in [0.2, 0.25) is 0 Å². The van der Waals surface area contributed by atoms with Crippen molar-refractivity contribution < 1.29 is 18.0 Å². The van der Waals surface area contributed by atoms with Gasteiger partial charge in [0.25, 0.3) is 0 Å². The molecule has 0 radical (unpaired) electrons. The van der Waals surface area contributed by atoms with Crippen molar-refractivity contribution in [2.45, 2.75) is 58.4 Å². The summed E-state index contributed by atoms with van der Waals surface area (Å²) in [7, 11) is 0. The smallest absolute Gasteiger partial charge is 0.389 e. The monoisotopic (exact) mass is 370 g/mol. The number of alkyl halides is 3. The maximum atomic E-state index is 13.0. The number of nitrogens with zero attached hydrogens (tertiary/aromatic N) is 3. The van der Waals surface area contributed by atoms with Gasteiger partial charge in [0, 0.05) is 49.9 Å². The van der Waals surface area contributed by atoms with E-state index in [1.165, 1.54) is 6.07 Å². The number of hydrogen-bond donors (Lipinski definition) is 1. The molecular formula is C18H25F3N4O. The average Bonchev–Trinajstić information content (AvgIpc) is 2.98. The molecule has 144 valence electrons. The van der Waals surface area contributed by atoms with E-state index in [4.69, 9.17) is 10.6 Å². The molecule has 2 N–H and O–H groups in total. The molecule has 0 aliphatic carbocycles. The highest BCUT2D eigenvalue weighted by Gasteiger charge is 2.45. The van der Waals surface area contributed by atoms with Gasteiger partial charge in [-0.1, -0.05) is 32.0 Å². The third-order valence-corrected chi connectivity index (χ3v) is 5.15. The van der Waals surface area contributed by atoms with Crippen molar-refractivity contribution in [1.29, 1.82) is 0 Å². The lowest BCUT2D eigenvalue weighted by atomic mass is 9.79. The predicted molar refractivity (Wildman–Crippen MR) is 93.9 cm³/mol. The van der Waals surface area contributed by atoms with Crippen LogP contribution < -0.4 is 10.6 Å². The molecule has 3 rings (SSSR count). The van der Waals surface area contributed by atoms with Crippen LogP contribution in [0.4, 0.5) is 19.0 Å². The van der Waals surface area contributed by atoms with E-state index in [-0.39, 0.29) is 17.6 Å². The molecule has 1 aromatic rings. The molecule has 1 aromatic heterocycles. The Hall–Kier alpha value is -1.83. The number of piperidine rings is 1. The van der Waals surface area contributed by atoms with Crippen LogP contribution in [-0.2, 0) is 17.6 Å². The zero-order valence-electron chi connectivity index (χ0n) is 15.4. The standard InChI is InChI=1S/C18H25F3N4O/c1-16(2,3)14-10-17(26-24-14)6-8-25(9-7-17)15-12(11-22)4-5-13(23-15)18(19,20)21/h4-5H,6-11,22H2,1-3H3. The molecule has 0 unspecified atom stereocenters. The van der Waals surface area contributed by atoms with Crippen LogP contribution in [0.15, 0.2) is 17.3 Å². The lowest BCUT2D eigenvalue weighted by Crippen LogP contribution is -2.45. The van der Waals surface area contributed by atoms with Crippen molar-refractivity contribution in [2.75, 3.05) is 18.0 Å². The summed E-state index contributed by atoms with van der Waals surface area (Å²) in [6.45, 7) is 7.58. The summed E-state index contributed by atoms with van der Waals surface area (Å²) in [6.07, 6.45) is -2.32. The molecule has 8 heteroatoms. The summed E-state index contributed by atoms with van der Waals surface area (Å²) < 4.78 is 39.1. The van der Waals surface area contributed by atoms with Gasteiger partial charge in [-0.25, -0.2) is 4.98 Å². The normalized spacial score (nSPS) is 20.3. The number of halogens is 3. The SMILES string of the molecule is CC(C)(C)C1=NOC2(CCN(c3nc(C(F)(F)F)ccc3CN)CC2)C1. The van der Waals surface area contributed by atoms with Gasteiger partial charge in [-0.2, -0.15) is 13.2 Å². The summed E-state index contributed by atoms with van der Waals surface area (Å²) in [5.41, 5.74) is 6.08. The quantitative estimate of drug-likeness (QED) is 0.862. The fraction of sp³-hybridized carbons (Fsp3) is 0.667. The Morgan fingerprint density at radius 2 is 1.85 bits per heavy atom. The summed E-state index contributed by atoms with van der Waals surface area (Å²) in [5, 5.41) is 4.28. The zero-order chi connectivity index (χ0) is 19.2. The highest BCUT2D eigenvalue weighted by atomic mass is 19.4. The Labute approximate surface area is 151 Å². The average molecular weight is 370 g/mol. The molecule has 0 atom stereocenters. The largest absolute Gasteiger partial charge is 0.433 e. The molecule has 26 heavy (non-hydrogen) atoms. The third kappa shape index (κ3) is 3.65. The first-order valence-corrected chi connectivity index (χ1v) is 8.82. The highest BCUT2D eigenvalue weighted by molar-refractivity contribution is 5.90. The summed E-state index contributed by atoms with van der Waals surface area (Å²) in [6, 6.07) is 2.41. The number of rotatable bonds is 2. The second kappa shape index (κ2) is 6.40. The fourth-order valence-electron chi connectivity index (χ4n) is 3.39. The molecular weight excluding hydrogens is 345 g/mol. The maximum absolute atomic E-state index is 13.0. The summed E-state index contributed by atoms with van der Waals surface area (Å²) in [5.74, 6) is 0.326. The summed E-state index contributed by atoms with van der Waals surface area (Å²) in [4.78, 5) is 11.5. The molecule has 0 saturated carbocycles. The second-order valence-electron chi connectivity index (χ2n) is 8.11. The first kappa shape index (κ1) is 18.9. The Kier molecular flexibility index (Phi) is 4.67. The Bertz CT molecular complexity index is 701. The van der Waals surface area contributed by atoms with Gasteiger partial charge in [0.05, 0.1) is 5.71 Å². The number of aromatic nitrogens is 1. The fourth-order valence-corrected chi connectivity index (χ4v) is 3.39. The van der Waals surface area contributed by atoms with Gasteiger partial charge in [-0.05, 0) is 6.07 Å². The first-order valence-electron chi connectivity index (χ1n) is 8.82. The van der Waals surface area contributed by atoms with Crippen LogP contribution in [0.3, 0.4) is 0 Å². The molecule has 1 saturated heterocycles. The molecule has 0 bridgehead atoms. The van der Waals surface area contributed by atoms with Crippen LogP contribution in [0.25, 0.3) is 0 Å². The molecule has 1 spiro atoms. The van der Waals surface area contributed by atoms with Crippen LogP contribution >= 0.6 is 0 Å². The van der Waals surface area contributed by atoms with E-state index < -0.39 is 11.9 Å². The molecule has 5 nitrogen and oxygen atoms in total. The van der Waals surface area contributed by atoms with Crippen LogP contribution in [-0.4, -0.2) is 29.4 Å². The molecule has 0 aromatic carbocycles. The molecule has 3 heterocycles. The maximum Gasteiger partial charge on any atom is 0.433 e. The van der Waals surface area contributed by atoms with E-state index in [9.17, 15) is 13.2 Å². The van der Waals surface area contributed by atoms with Crippen molar-refractivity contribution in [2.24, 2.45) is 16.3 Å². The van der Waals surface area contributed by atoms with E-state index in [1.54, 1.807) is 0 Å². The lowest BCUT2D eigenvalue weighted by molar-refractivity contribution is -0.141. The van der Waals surface area contributed by atoms with E-state index in [1.807, 2.05) is 4.90 Å². The van der Waals surface area contributed by atoms with Crippen molar-refractivity contribution in [1.82, 2.24) is 4.98 Å². The Morgan fingerprint density at radius 1 is 1.19 bits per heavy atom. The number of hydrogen-bond acceptors (Lipinski definition) is 5. The van der Waals surface area contributed by atoms with Crippen LogP contribution in [0.1, 0.15) is 51.3 Å². The third-order valence-electron chi connectivity index (χ3n) is 5.15. The second-order valence-corrected chi connectivity index (χ2v) is 8.11. The minimum absolute atomic E-state index is 0.0457. The van der Waals surface area contributed by atoms with Gasteiger partial charge in [0.2, 0.25) is 0 Å². The van der Waals surface area contributed by atoms with Crippen LogP contribution in [0, 0.1) is 5.41 Å². The number of anilines is 1. The predicted octanol–water partition coefficient (Wildman–Crippen LogP) is 3.72. The Morgan fingerprint density at radius 3 is 2.35 bits per heavy atom. The molecule has 2 aliphatic rings. The summed E-state index contributed by atoms with van der Waals surface area (Å²) >= 11 is 0. The molecule has 0 amide bonds. The van der Waals surface area contributed by atoms with E-state index in [0.29, 0.717) is 37.3 Å². The number of oxime groups is 1. The van der Waals surface area contributed by atoms with Gasteiger partial charge in [0.1, 0.15) is 17.1 Å². The van der Waals surface area contributed by atoms with Gasteiger partial charge in [0.15, 0.2) is 0 Å². The molecule has 1 fully saturated rings. The topological polar surface area (TPSA) is 63.7 Å². The van der Waals surface area contributed by atoms with E-state index >= 15 is 0 Å². The van der Waals surface area contributed by atoms with Crippen molar-refractivity contribution in [3.05, 3.63) is 23.4 Å². The minimum Gasteiger partial charge on any atom is -0.389 e. The van der Waals surface area contributed by atoms with E-state index in [2.05, 4.69) is 30.9 Å². The van der Waals surface area contributed by atoms with Crippen LogP contribution in [0.5, 0.6) is 0 Å². The number of nitrogens with two attached hydrogens (primary N) is 1. The van der Waals surface area contributed by atoms with Gasteiger partial charge < -0.3 is 15.5 Å². The molecule has 2 aliphatic heterocycles. The Balaban J connectivity index is 1.75. The van der Waals surface area contributed by atoms with Crippen molar-refractivity contribution >= 4 is 11.5 Å².